The number of ether oxygens (including phenoxy) is 2. The summed E-state index contributed by atoms with van der Waals surface area (Å²) in [6, 6.07) is 12.5. The highest BCUT2D eigenvalue weighted by Crippen LogP contribution is 2.31. The zero-order chi connectivity index (χ0) is 19.6. The number of nitrogens with one attached hydrogen (secondary N) is 1. The number of nitrogens with zero attached hydrogens (tertiary/aromatic N) is 2. The Balaban J connectivity index is 1.45. The van der Waals surface area contributed by atoms with E-state index < -0.39 is 21.5 Å². The standard InChI is InChI=1S/C18H15N3O6S/c22-17(12-6-7-14-15(10-12)26-9-8-25-14)19-18-21-20-16(27-18)11-28(23,24)13-4-2-1-3-5-13/h1-7,10H,8-9,11H2,(H,19,21,22). The molecular formula is C18H15N3O6S. The summed E-state index contributed by atoms with van der Waals surface area (Å²) in [5, 5.41) is 9.81. The van der Waals surface area contributed by atoms with Crippen LogP contribution in [-0.4, -0.2) is 37.7 Å². The van der Waals surface area contributed by atoms with Crippen molar-refractivity contribution in [3.8, 4) is 11.5 Å². The summed E-state index contributed by atoms with van der Waals surface area (Å²) in [5.41, 5.74) is 0.306. The van der Waals surface area contributed by atoms with Gasteiger partial charge in [0.05, 0.1) is 4.90 Å². The van der Waals surface area contributed by atoms with E-state index in [0.717, 1.165) is 0 Å². The molecule has 1 aliphatic heterocycles. The Morgan fingerprint density at radius 2 is 1.75 bits per heavy atom. The van der Waals surface area contributed by atoms with E-state index in [-0.39, 0.29) is 16.8 Å². The molecule has 0 fully saturated rings. The third-order valence-electron chi connectivity index (χ3n) is 3.91. The van der Waals surface area contributed by atoms with Gasteiger partial charge in [-0.25, -0.2) is 8.42 Å². The number of anilines is 1. The predicted molar refractivity (Wildman–Crippen MR) is 97.0 cm³/mol. The Bertz CT molecular complexity index is 1110. The number of carbonyl (C=O) groups is 1. The third kappa shape index (κ3) is 3.81. The number of hydrogen-bond donors (Lipinski definition) is 1. The molecule has 0 unspecified atom stereocenters. The molecule has 0 bridgehead atoms. The minimum absolute atomic E-state index is 0.124. The zero-order valence-electron chi connectivity index (χ0n) is 14.5. The molecule has 9 nitrogen and oxygen atoms in total. The third-order valence-corrected chi connectivity index (χ3v) is 5.52. The normalized spacial score (nSPS) is 13.1. The number of benzene rings is 2. The van der Waals surface area contributed by atoms with Gasteiger partial charge in [0.2, 0.25) is 5.89 Å². The van der Waals surface area contributed by atoms with Gasteiger partial charge in [-0.05, 0) is 30.3 Å². The first-order valence-corrected chi connectivity index (χ1v) is 9.98. The van der Waals surface area contributed by atoms with Crippen LogP contribution in [0.2, 0.25) is 0 Å². The molecule has 0 atom stereocenters. The fraction of sp³-hybridized carbons (Fsp3) is 0.167. The number of sulfone groups is 1. The van der Waals surface area contributed by atoms with Crippen molar-refractivity contribution in [1.82, 2.24) is 10.2 Å². The van der Waals surface area contributed by atoms with Crippen molar-refractivity contribution in [3.63, 3.8) is 0 Å². The van der Waals surface area contributed by atoms with Crippen molar-refractivity contribution in [3.05, 3.63) is 60.0 Å². The van der Waals surface area contributed by atoms with E-state index in [2.05, 4.69) is 15.5 Å². The molecule has 28 heavy (non-hydrogen) atoms. The molecule has 4 rings (SSSR count). The van der Waals surface area contributed by atoms with Crippen LogP contribution in [0.4, 0.5) is 6.01 Å². The van der Waals surface area contributed by atoms with Crippen LogP contribution < -0.4 is 14.8 Å². The highest BCUT2D eigenvalue weighted by atomic mass is 32.2. The summed E-state index contributed by atoms with van der Waals surface area (Å²) in [6.07, 6.45) is 0. The van der Waals surface area contributed by atoms with Gasteiger partial charge in [-0.2, -0.15) is 0 Å². The van der Waals surface area contributed by atoms with E-state index >= 15 is 0 Å². The maximum Gasteiger partial charge on any atom is 0.322 e. The molecule has 2 aromatic carbocycles. The molecule has 0 radical (unpaired) electrons. The predicted octanol–water partition coefficient (Wildman–Crippen LogP) is 2.07. The molecule has 1 amide bonds. The number of fused-ring (bicyclic) bond motifs is 1. The second-order valence-corrected chi connectivity index (χ2v) is 7.88. The second-order valence-electron chi connectivity index (χ2n) is 5.89. The summed E-state index contributed by atoms with van der Waals surface area (Å²) in [4.78, 5) is 12.5. The van der Waals surface area contributed by atoms with Crippen LogP contribution in [0.15, 0.2) is 57.8 Å². The lowest BCUT2D eigenvalue weighted by Gasteiger charge is -2.18. The van der Waals surface area contributed by atoms with Gasteiger partial charge < -0.3 is 13.9 Å². The van der Waals surface area contributed by atoms with Crippen LogP contribution in [0.25, 0.3) is 0 Å². The lowest BCUT2D eigenvalue weighted by molar-refractivity contribution is 0.102. The first-order valence-electron chi connectivity index (χ1n) is 8.32. The molecular weight excluding hydrogens is 386 g/mol. The Hall–Kier alpha value is -3.40. The maximum absolute atomic E-state index is 12.4. The highest BCUT2D eigenvalue weighted by molar-refractivity contribution is 7.90. The van der Waals surface area contributed by atoms with Crippen molar-refractivity contribution >= 4 is 21.8 Å². The highest BCUT2D eigenvalue weighted by Gasteiger charge is 2.21. The number of amides is 1. The topological polar surface area (TPSA) is 121 Å². The Morgan fingerprint density at radius 1 is 1.00 bits per heavy atom. The molecule has 10 heteroatoms. The van der Waals surface area contributed by atoms with Crippen molar-refractivity contribution in [1.29, 1.82) is 0 Å². The van der Waals surface area contributed by atoms with Crippen LogP contribution in [0.3, 0.4) is 0 Å². The Kier molecular flexibility index (Phi) is 4.70. The summed E-state index contributed by atoms with van der Waals surface area (Å²) in [7, 11) is -3.63. The molecule has 2 heterocycles. The SMILES string of the molecule is O=C(Nc1nnc(CS(=O)(=O)c2ccccc2)o1)c1ccc2c(c1)OCCO2. The average molecular weight is 401 g/mol. The molecule has 1 aliphatic rings. The molecule has 3 aromatic rings. The maximum atomic E-state index is 12.4. The van der Waals surface area contributed by atoms with Gasteiger partial charge in [0.1, 0.15) is 19.0 Å². The lowest BCUT2D eigenvalue weighted by Crippen LogP contribution is -2.17. The lowest BCUT2D eigenvalue weighted by atomic mass is 10.2. The summed E-state index contributed by atoms with van der Waals surface area (Å²) >= 11 is 0. The summed E-state index contributed by atoms with van der Waals surface area (Å²) in [5.74, 6) is -0.0586. The van der Waals surface area contributed by atoms with Gasteiger partial charge in [0.15, 0.2) is 21.3 Å². The van der Waals surface area contributed by atoms with E-state index in [4.69, 9.17) is 13.9 Å². The Morgan fingerprint density at radius 3 is 2.54 bits per heavy atom. The Labute approximate surface area is 160 Å². The van der Waals surface area contributed by atoms with Crippen molar-refractivity contribution in [2.45, 2.75) is 10.6 Å². The molecule has 1 N–H and O–H groups in total. The van der Waals surface area contributed by atoms with E-state index in [9.17, 15) is 13.2 Å². The summed E-state index contributed by atoms with van der Waals surface area (Å²) < 4.78 is 40.8. The van der Waals surface area contributed by atoms with Crippen LogP contribution in [0.5, 0.6) is 11.5 Å². The van der Waals surface area contributed by atoms with Gasteiger partial charge in [-0.3, -0.25) is 10.1 Å². The minimum atomic E-state index is -3.63. The first-order chi connectivity index (χ1) is 13.5. The van der Waals surface area contributed by atoms with Gasteiger partial charge in [-0.15, -0.1) is 5.10 Å². The van der Waals surface area contributed by atoms with Gasteiger partial charge >= 0.3 is 6.01 Å². The molecule has 1 aromatic heterocycles. The van der Waals surface area contributed by atoms with E-state index in [1.165, 1.54) is 12.1 Å². The number of carbonyl (C=O) groups excluding carboxylic acids is 1. The van der Waals surface area contributed by atoms with Crippen LogP contribution in [0.1, 0.15) is 16.2 Å². The quantitative estimate of drug-likeness (QED) is 0.690. The zero-order valence-corrected chi connectivity index (χ0v) is 15.3. The molecule has 0 saturated heterocycles. The molecule has 144 valence electrons. The van der Waals surface area contributed by atoms with Crippen LogP contribution >= 0.6 is 0 Å². The van der Waals surface area contributed by atoms with Crippen molar-refractivity contribution in [2.75, 3.05) is 18.5 Å². The largest absolute Gasteiger partial charge is 0.486 e. The van der Waals surface area contributed by atoms with E-state index in [1.54, 1.807) is 36.4 Å². The van der Waals surface area contributed by atoms with Gasteiger partial charge in [-0.1, -0.05) is 23.3 Å². The minimum Gasteiger partial charge on any atom is -0.486 e. The molecule has 0 saturated carbocycles. The summed E-state index contributed by atoms with van der Waals surface area (Å²) in [6.45, 7) is 0.857. The fourth-order valence-corrected chi connectivity index (χ4v) is 3.77. The number of rotatable bonds is 5. The van der Waals surface area contributed by atoms with Crippen molar-refractivity contribution < 1.29 is 27.1 Å². The molecule has 0 spiro atoms. The van der Waals surface area contributed by atoms with E-state index in [0.29, 0.717) is 30.3 Å². The smallest absolute Gasteiger partial charge is 0.322 e. The second kappa shape index (κ2) is 7.31. The molecule has 0 aliphatic carbocycles. The van der Waals surface area contributed by atoms with Crippen molar-refractivity contribution in [2.24, 2.45) is 0 Å². The number of hydrogen-bond acceptors (Lipinski definition) is 8. The van der Waals surface area contributed by atoms with Gasteiger partial charge in [0, 0.05) is 5.56 Å². The first kappa shape index (κ1) is 18.0. The van der Waals surface area contributed by atoms with E-state index in [1.807, 2.05) is 0 Å². The fourth-order valence-electron chi connectivity index (χ4n) is 2.59. The van der Waals surface area contributed by atoms with Crippen LogP contribution in [-0.2, 0) is 15.6 Å². The monoisotopic (exact) mass is 401 g/mol. The van der Waals surface area contributed by atoms with Gasteiger partial charge in [0.25, 0.3) is 5.91 Å². The average Bonchev–Trinajstić information content (AvgIpc) is 3.14. The van der Waals surface area contributed by atoms with Crippen LogP contribution in [0, 0.1) is 0 Å². The number of aromatic nitrogens is 2.